The summed E-state index contributed by atoms with van der Waals surface area (Å²) in [4.78, 5) is 11.9. The van der Waals surface area contributed by atoms with E-state index in [0.29, 0.717) is 22.9 Å². The van der Waals surface area contributed by atoms with Crippen LogP contribution in [0.3, 0.4) is 0 Å². The molecule has 1 heterocycles. The Balaban J connectivity index is 1.87. The second kappa shape index (κ2) is 7.42. The molecule has 1 aromatic carbocycles. The molecule has 1 saturated heterocycles. The van der Waals surface area contributed by atoms with Crippen LogP contribution < -0.4 is 15.8 Å². The molecular weight excluding hydrogens is 292 g/mol. The summed E-state index contributed by atoms with van der Waals surface area (Å²) in [5.41, 5.74) is 6.72. The fourth-order valence-corrected chi connectivity index (χ4v) is 3.35. The van der Waals surface area contributed by atoms with E-state index in [9.17, 15) is 9.00 Å². The zero-order chi connectivity index (χ0) is 15.2. The van der Waals surface area contributed by atoms with Crippen molar-refractivity contribution < 1.29 is 18.5 Å². The molecule has 0 aromatic heterocycles. The highest BCUT2D eigenvalue weighted by molar-refractivity contribution is 7.85. The molecule has 0 bridgehead atoms. The van der Waals surface area contributed by atoms with E-state index in [-0.39, 0.29) is 17.8 Å². The van der Waals surface area contributed by atoms with Crippen molar-refractivity contribution in [3.8, 4) is 5.75 Å². The average molecular weight is 312 g/mol. The highest BCUT2D eigenvalue weighted by Gasteiger charge is 2.20. The lowest BCUT2D eigenvalue weighted by atomic mass is 10.2. The molecule has 7 heteroatoms. The minimum absolute atomic E-state index is 0.0182. The maximum Gasteiger partial charge on any atom is 0.237 e. The molecule has 1 fully saturated rings. The van der Waals surface area contributed by atoms with Gasteiger partial charge in [0, 0.05) is 29.2 Å². The van der Waals surface area contributed by atoms with Crippen LogP contribution in [0.15, 0.2) is 18.2 Å². The summed E-state index contributed by atoms with van der Waals surface area (Å²) >= 11 is 0. The molecule has 0 saturated carbocycles. The van der Waals surface area contributed by atoms with Gasteiger partial charge < -0.3 is 20.5 Å². The Hall–Kier alpha value is -1.60. The van der Waals surface area contributed by atoms with E-state index in [4.69, 9.17) is 15.2 Å². The molecule has 2 unspecified atom stereocenters. The number of methoxy groups -OCH3 is 1. The second-order valence-electron chi connectivity index (χ2n) is 4.89. The lowest BCUT2D eigenvalue weighted by Crippen LogP contribution is -2.25. The minimum atomic E-state index is -1.23. The second-order valence-corrected chi connectivity index (χ2v) is 6.40. The van der Waals surface area contributed by atoms with Gasteiger partial charge in [0.1, 0.15) is 11.5 Å². The third kappa shape index (κ3) is 4.71. The molecule has 2 rings (SSSR count). The van der Waals surface area contributed by atoms with Gasteiger partial charge in [-0.1, -0.05) is 0 Å². The first-order chi connectivity index (χ1) is 10.1. The van der Waals surface area contributed by atoms with Crippen LogP contribution >= 0.6 is 0 Å². The van der Waals surface area contributed by atoms with Gasteiger partial charge in [0.2, 0.25) is 5.91 Å². The van der Waals surface area contributed by atoms with Crippen LogP contribution in [-0.4, -0.2) is 41.4 Å². The predicted octanol–water partition coefficient (Wildman–Crippen LogP) is 1.14. The lowest BCUT2D eigenvalue weighted by molar-refractivity contribution is -0.113. The molecule has 1 amide bonds. The predicted molar refractivity (Wildman–Crippen MR) is 82.9 cm³/mol. The number of rotatable bonds is 6. The van der Waals surface area contributed by atoms with E-state index in [2.05, 4.69) is 5.32 Å². The maximum atomic E-state index is 11.9. The Labute approximate surface area is 126 Å². The lowest BCUT2D eigenvalue weighted by Gasteiger charge is -2.12. The summed E-state index contributed by atoms with van der Waals surface area (Å²) < 4.78 is 22.5. The number of ether oxygens (including phenoxy) is 2. The van der Waals surface area contributed by atoms with Crippen LogP contribution in [0.4, 0.5) is 11.4 Å². The summed E-state index contributed by atoms with van der Waals surface area (Å²) in [7, 11) is 0.271. The number of carbonyl (C=O) groups excluding carboxylic acids is 1. The van der Waals surface area contributed by atoms with Crippen LogP contribution in [0.1, 0.15) is 12.8 Å². The average Bonchev–Trinajstić information content (AvgIpc) is 2.93. The van der Waals surface area contributed by atoms with Crippen molar-refractivity contribution in [2.45, 2.75) is 18.9 Å². The van der Waals surface area contributed by atoms with Crippen LogP contribution in [0, 0.1) is 0 Å². The van der Waals surface area contributed by atoms with E-state index in [1.807, 2.05) is 0 Å². The first kappa shape index (κ1) is 15.8. The van der Waals surface area contributed by atoms with E-state index >= 15 is 0 Å². The smallest absolute Gasteiger partial charge is 0.237 e. The summed E-state index contributed by atoms with van der Waals surface area (Å²) in [5, 5.41) is 2.69. The van der Waals surface area contributed by atoms with Crippen molar-refractivity contribution in [1.29, 1.82) is 0 Å². The van der Waals surface area contributed by atoms with E-state index < -0.39 is 10.8 Å². The zero-order valence-electron chi connectivity index (χ0n) is 12.0. The number of hydrogen-bond acceptors (Lipinski definition) is 5. The Bertz CT molecular complexity index is 530. The Morgan fingerprint density at radius 2 is 2.38 bits per heavy atom. The van der Waals surface area contributed by atoms with E-state index in [1.165, 1.54) is 7.11 Å². The first-order valence-electron chi connectivity index (χ1n) is 6.78. The standard InChI is InChI=1S/C14H20N2O4S/c1-19-13-7-10(15)4-5-12(13)16-14(17)9-21(18)8-11-3-2-6-20-11/h4-5,7,11H,2-3,6,8-9,15H2,1H3,(H,16,17). The van der Waals surface area contributed by atoms with Crippen molar-refractivity contribution in [1.82, 2.24) is 0 Å². The van der Waals surface area contributed by atoms with Gasteiger partial charge in [-0.3, -0.25) is 9.00 Å². The molecule has 0 spiro atoms. The van der Waals surface area contributed by atoms with Gasteiger partial charge in [0.25, 0.3) is 0 Å². The summed E-state index contributed by atoms with van der Waals surface area (Å²) in [6.45, 7) is 0.719. The first-order valence-corrected chi connectivity index (χ1v) is 8.27. The number of nitrogen functional groups attached to an aromatic ring is 1. The quantitative estimate of drug-likeness (QED) is 0.769. The van der Waals surface area contributed by atoms with Crippen LogP contribution in [0.5, 0.6) is 5.75 Å². The van der Waals surface area contributed by atoms with Gasteiger partial charge in [0.05, 0.1) is 24.7 Å². The Morgan fingerprint density at radius 1 is 1.57 bits per heavy atom. The van der Waals surface area contributed by atoms with Gasteiger partial charge >= 0.3 is 0 Å². The van der Waals surface area contributed by atoms with Crippen molar-refractivity contribution in [2.75, 3.05) is 36.3 Å². The monoisotopic (exact) mass is 312 g/mol. The molecule has 1 aromatic rings. The van der Waals surface area contributed by atoms with Crippen molar-refractivity contribution in [3.63, 3.8) is 0 Å². The summed E-state index contributed by atoms with van der Waals surface area (Å²) in [6, 6.07) is 4.95. The zero-order valence-corrected chi connectivity index (χ0v) is 12.8. The normalized spacial score (nSPS) is 19.2. The highest BCUT2D eigenvalue weighted by atomic mass is 32.2. The van der Waals surface area contributed by atoms with E-state index in [0.717, 1.165) is 19.4 Å². The number of carbonyl (C=O) groups is 1. The number of amides is 1. The number of hydrogen-bond donors (Lipinski definition) is 2. The summed E-state index contributed by atoms with van der Waals surface area (Å²) in [5.74, 6) is 0.530. The maximum absolute atomic E-state index is 11.9. The Kier molecular flexibility index (Phi) is 5.58. The highest BCUT2D eigenvalue weighted by Crippen LogP contribution is 2.26. The van der Waals surface area contributed by atoms with E-state index in [1.54, 1.807) is 18.2 Å². The van der Waals surface area contributed by atoms with Crippen molar-refractivity contribution in [2.24, 2.45) is 0 Å². The number of anilines is 2. The molecular formula is C14H20N2O4S. The van der Waals surface area contributed by atoms with Gasteiger partial charge in [-0.15, -0.1) is 0 Å². The van der Waals surface area contributed by atoms with Gasteiger partial charge in [-0.25, -0.2) is 0 Å². The topological polar surface area (TPSA) is 90.6 Å². The molecule has 116 valence electrons. The molecule has 3 N–H and O–H groups in total. The third-order valence-corrected chi connectivity index (χ3v) is 4.52. The number of nitrogens with one attached hydrogen (secondary N) is 1. The van der Waals surface area contributed by atoms with Gasteiger partial charge in [0.15, 0.2) is 0 Å². The molecule has 6 nitrogen and oxygen atoms in total. The molecule has 2 atom stereocenters. The van der Waals surface area contributed by atoms with Crippen LogP contribution in [0.2, 0.25) is 0 Å². The fraction of sp³-hybridized carbons (Fsp3) is 0.500. The molecule has 1 aliphatic heterocycles. The van der Waals surface area contributed by atoms with Crippen molar-refractivity contribution in [3.05, 3.63) is 18.2 Å². The molecule has 1 aliphatic rings. The minimum Gasteiger partial charge on any atom is -0.494 e. The number of benzene rings is 1. The van der Waals surface area contributed by atoms with Gasteiger partial charge in [-0.05, 0) is 25.0 Å². The van der Waals surface area contributed by atoms with Crippen molar-refractivity contribution >= 4 is 28.1 Å². The summed E-state index contributed by atoms with van der Waals surface area (Å²) in [6.07, 6.45) is 1.93. The molecule has 0 aliphatic carbocycles. The SMILES string of the molecule is COc1cc(N)ccc1NC(=O)CS(=O)CC1CCCO1. The Morgan fingerprint density at radius 3 is 3.05 bits per heavy atom. The van der Waals surface area contributed by atoms with Crippen LogP contribution in [-0.2, 0) is 20.3 Å². The third-order valence-electron chi connectivity index (χ3n) is 3.19. The number of nitrogens with two attached hydrogens (primary N) is 1. The molecule has 21 heavy (non-hydrogen) atoms. The fourth-order valence-electron chi connectivity index (χ4n) is 2.19. The largest absolute Gasteiger partial charge is 0.494 e. The van der Waals surface area contributed by atoms with Crippen LogP contribution in [0.25, 0.3) is 0 Å². The molecule has 0 radical (unpaired) electrons. The van der Waals surface area contributed by atoms with Gasteiger partial charge in [-0.2, -0.15) is 0 Å².